The minimum atomic E-state index is -4.60. The highest BCUT2D eigenvalue weighted by molar-refractivity contribution is 6.32. The Labute approximate surface area is 142 Å². The second-order valence-corrected chi connectivity index (χ2v) is 5.72. The number of nitrogens with one attached hydrogen (secondary N) is 1. The molecule has 8 heteroatoms. The van der Waals surface area contributed by atoms with E-state index >= 15 is 0 Å². The van der Waals surface area contributed by atoms with E-state index in [4.69, 9.17) is 16.3 Å². The zero-order chi connectivity index (χ0) is 17.9. The Balaban J connectivity index is 2.20. The zero-order valence-electron chi connectivity index (χ0n) is 12.9. The highest BCUT2D eigenvalue weighted by atomic mass is 35.5. The number of hydrogen-bond donors (Lipinski definition) is 2. The van der Waals surface area contributed by atoms with Crippen molar-refractivity contribution in [1.82, 2.24) is 5.32 Å². The highest BCUT2D eigenvalue weighted by Crippen LogP contribution is 2.36. The lowest BCUT2D eigenvalue weighted by Crippen LogP contribution is -2.39. The average molecular weight is 364 g/mol. The van der Waals surface area contributed by atoms with E-state index in [-0.39, 0.29) is 29.2 Å². The largest absolute Gasteiger partial charge is 0.493 e. The van der Waals surface area contributed by atoms with Gasteiger partial charge in [0, 0.05) is 5.03 Å². The van der Waals surface area contributed by atoms with E-state index in [1.165, 1.54) is 6.08 Å². The number of hydrogen-bond acceptors (Lipinski definition) is 3. The summed E-state index contributed by atoms with van der Waals surface area (Å²) in [4.78, 5) is 12.4. The van der Waals surface area contributed by atoms with Gasteiger partial charge in [0.2, 0.25) is 0 Å². The molecule has 0 aliphatic heterocycles. The van der Waals surface area contributed by atoms with Crippen molar-refractivity contribution in [2.75, 3.05) is 6.61 Å². The fraction of sp³-hybridized carbons (Fsp3) is 0.438. The fourth-order valence-corrected chi connectivity index (χ4v) is 2.75. The molecule has 0 saturated carbocycles. The summed E-state index contributed by atoms with van der Waals surface area (Å²) in [6.07, 6.45) is 0.0328. The molecule has 2 rings (SSSR count). The maximum Gasteiger partial charge on any atom is 0.417 e. The van der Waals surface area contributed by atoms with Gasteiger partial charge in [0.05, 0.1) is 29.9 Å². The van der Waals surface area contributed by atoms with Gasteiger partial charge in [0.1, 0.15) is 5.76 Å². The van der Waals surface area contributed by atoms with Crippen molar-refractivity contribution in [3.63, 3.8) is 0 Å². The van der Waals surface area contributed by atoms with Crippen molar-refractivity contribution in [1.29, 1.82) is 0 Å². The van der Waals surface area contributed by atoms with E-state index in [0.29, 0.717) is 6.61 Å². The molecule has 2 aliphatic rings. The van der Waals surface area contributed by atoms with E-state index in [1.807, 2.05) is 0 Å². The molecule has 2 atom stereocenters. The predicted octanol–water partition coefficient (Wildman–Crippen LogP) is 3.10. The molecule has 132 valence electrons. The minimum absolute atomic E-state index is 0.0157. The topological polar surface area (TPSA) is 58.6 Å². The molecule has 1 amide bonds. The molecule has 4 nitrogen and oxygen atoms in total. The van der Waals surface area contributed by atoms with Crippen molar-refractivity contribution in [3.8, 4) is 0 Å². The lowest BCUT2D eigenvalue weighted by atomic mass is 9.97. The predicted molar refractivity (Wildman–Crippen MR) is 83.0 cm³/mol. The Morgan fingerprint density at radius 1 is 1.46 bits per heavy atom. The molecule has 24 heavy (non-hydrogen) atoms. The number of alkyl halides is 3. The van der Waals surface area contributed by atoms with Crippen LogP contribution < -0.4 is 5.32 Å². The van der Waals surface area contributed by atoms with Crippen LogP contribution in [-0.2, 0) is 9.53 Å². The van der Waals surface area contributed by atoms with Crippen LogP contribution in [0.15, 0.2) is 46.2 Å². The number of aliphatic hydroxyl groups is 1. The van der Waals surface area contributed by atoms with E-state index in [9.17, 15) is 23.1 Å². The SMILES string of the molecule is CCOC1=C(C(=O)NC2C=C(C(F)(F)F)C(Cl)=CC2)C(O)CC=C1. The molecule has 0 saturated heterocycles. The van der Waals surface area contributed by atoms with Crippen LogP contribution in [-0.4, -0.2) is 35.9 Å². The van der Waals surface area contributed by atoms with Gasteiger partial charge in [-0.2, -0.15) is 13.2 Å². The van der Waals surface area contributed by atoms with Gasteiger partial charge < -0.3 is 15.2 Å². The van der Waals surface area contributed by atoms with E-state index in [1.54, 1.807) is 19.1 Å². The van der Waals surface area contributed by atoms with E-state index in [2.05, 4.69) is 5.32 Å². The molecule has 2 aliphatic carbocycles. The fourth-order valence-electron chi connectivity index (χ4n) is 2.49. The number of halogens is 4. The summed E-state index contributed by atoms with van der Waals surface area (Å²) < 4.78 is 44.0. The van der Waals surface area contributed by atoms with Crippen molar-refractivity contribution in [2.45, 2.75) is 38.1 Å². The summed E-state index contributed by atoms with van der Waals surface area (Å²) in [6, 6.07) is -0.870. The van der Waals surface area contributed by atoms with Gasteiger partial charge in [-0.05, 0) is 31.9 Å². The second kappa shape index (κ2) is 7.44. The van der Waals surface area contributed by atoms with Gasteiger partial charge >= 0.3 is 6.18 Å². The number of amides is 1. The summed E-state index contributed by atoms with van der Waals surface area (Å²) >= 11 is 5.59. The van der Waals surface area contributed by atoms with Crippen LogP contribution >= 0.6 is 11.6 Å². The Bertz CT molecular complexity index is 635. The Kier molecular flexibility index (Phi) is 5.77. The van der Waals surface area contributed by atoms with Crippen LogP contribution in [0.3, 0.4) is 0 Å². The van der Waals surface area contributed by atoms with Crippen molar-refractivity contribution < 1.29 is 27.8 Å². The van der Waals surface area contributed by atoms with Gasteiger partial charge in [-0.3, -0.25) is 4.79 Å². The van der Waals surface area contributed by atoms with Gasteiger partial charge in [0.15, 0.2) is 0 Å². The number of carbonyl (C=O) groups excluding carboxylic acids is 1. The normalized spacial score (nSPS) is 24.4. The third kappa shape index (κ3) is 4.21. The van der Waals surface area contributed by atoms with Gasteiger partial charge in [-0.1, -0.05) is 23.8 Å². The van der Waals surface area contributed by atoms with Gasteiger partial charge in [-0.15, -0.1) is 0 Å². The van der Waals surface area contributed by atoms with Gasteiger partial charge in [0.25, 0.3) is 5.91 Å². The standard InChI is InChI=1S/C16H17ClF3NO3/c1-2-24-13-5-3-4-12(22)14(13)15(23)21-9-6-7-11(17)10(8-9)16(18,19)20/h3,5,7-9,12,22H,2,4,6H2,1H3,(H,21,23). The molecule has 0 aromatic carbocycles. The molecule has 0 bridgehead atoms. The average Bonchev–Trinajstić information content (AvgIpc) is 2.48. The van der Waals surface area contributed by atoms with Crippen molar-refractivity contribution >= 4 is 17.5 Å². The first-order valence-corrected chi connectivity index (χ1v) is 7.79. The molecule has 2 N–H and O–H groups in total. The first-order chi connectivity index (χ1) is 11.2. The molecule has 0 spiro atoms. The van der Waals surface area contributed by atoms with Crippen LogP contribution in [0.4, 0.5) is 13.2 Å². The quantitative estimate of drug-likeness (QED) is 0.807. The van der Waals surface area contributed by atoms with Crippen molar-refractivity contribution in [3.05, 3.63) is 46.2 Å². The summed E-state index contributed by atoms with van der Waals surface area (Å²) in [5.41, 5.74) is -0.967. The summed E-state index contributed by atoms with van der Waals surface area (Å²) in [7, 11) is 0. The molecule has 0 heterocycles. The van der Waals surface area contributed by atoms with Crippen LogP contribution in [0.25, 0.3) is 0 Å². The first kappa shape index (κ1) is 18.6. The summed E-state index contributed by atoms with van der Waals surface area (Å²) in [5.74, 6) is -0.442. The maximum absolute atomic E-state index is 12.9. The number of aliphatic hydroxyl groups excluding tert-OH is 1. The summed E-state index contributed by atoms with van der Waals surface area (Å²) in [6.45, 7) is 2.02. The van der Waals surface area contributed by atoms with E-state index in [0.717, 1.165) is 6.08 Å². The van der Waals surface area contributed by atoms with Crippen LogP contribution in [0.2, 0.25) is 0 Å². The zero-order valence-corrected chi connectivity index (χ0v) is 13.6. The van der Waals surface area contributed by atoms with E-state index < -0.39 is 29.8 Å². The lowest BCUT2D eigenvalue weighted by Gasteiger charge is -2.25. The minimum Gasteiger partial charge on any atom is -0.493 e. The monoisotopic (exact) mass is 363 g/mol. The molecule has 0 radical (unpaired) electrons. The molecule has 0 fully saturated rings. The third-order valence-electron chi connectivity index (χ3n) is 3.57. The van der Waals surface area contributed by atoms with Crippen LogP contribution in [0.1, 0.15) is 19.8 Å². The molecular weight excluding hydrogens is 347 g/mol. The smallest absolute Gasteiger partial charge is 0.417 e. The molecule has 0 aromatic heterocycles. The lowest BCUT2D eigenvalue weighted by molar-refractivity contribution is -0.119. The molecule has 2 unspecified atom stereocenters. The molecular formula is C16H17ClF3NO3. The van der Waals surface area contributed by atoms with Gasteiger partial charge in [-0.25, -0.2) is 0 Å². The summed E-state index contributed by atoms with van der Waals surface area (Å²) in [5, 5.41) is 12.1. The highest BCUT2D eigenvalue weighted by Gasteiger charge is 2.38. The Morgan fingerprint density at radius 3 is 2.79 bits per heavy atom. The number of carbonyl (C=O) groups is 1. The second-order valence-electron chi connectivity index (χ2n) is 5.31. The number of allylic oxidation sites excluding steroid dienone is 3. The number of ether oxygens (including phenoxy) is 1. The first-order valence-electron chi connectivity index (χ1n) is 7.41. The Hall–Kier alpha value is -1.73. The van der Waals surface area contributed by atoms with Crippen LogP contribution in [0, 0.1) is 0 Å². The van der Waals surface area contributed by atoms with Crippen LogP contribution in [0.5, 0.6) is 0 Å². The van der Waals surface area contributed by atoms with Crippen molar-refractivity contribution in [2.24, 2.45) is 0 Å². The molecule has 0 aromatic rings. The Morgan fingerprint density at radius 2 is 2.17 bits per heavy atom. The third-order valence-corrected chi connectivity index (χ3v) is 3.93. The maximum atomic E-state index is 12.9. The number of rotatable bonds is 4.